The predicted octanol–water partition coefficient (Wildman–Crippen LogP) is 1.87. The summed E-state index contributed by atoms with van der Waals surface area (Å²) in [5, 5.41) is 18.4. The maximum atomic E-state index is 10.5. The first-order valence-electron chi connectivity index (χ1n) is 4.65. The molecule has 1 aromatic heterocycles. The molecular weight excluding hydrogens is 232 g/mol. The summed E-state index contributed by atoms with van der Waals surface area (Å²) in [6.45, 7) is 0.183. The zero-order valence-corrected chi connectivity index (χ0v) is 8.98. The van der Waals surface area contributed by atoms with Gasteiger partial charge in [0, 0.05) is 6.54 Å². The van der Waals surface area contributed by atoms with E-state index in [2.05, 4.69) is 4.98 Å². The van der Waals surface area contributed by atoms with Gasteiger partial charge in [-0.2, -0.15) is 0 Å². The van der Waals surface area contributed by atoms with E-state index in [1.165, 1.54) is 10.6 Å². The molecule has 16 heavy (non-hydrogen) atoms. The van der Waals surface area contributed by atoms with E-state index < -0.39 is 5.97 Å². The van der Waals surface area contributed by atoms with Gasteiger partial charge in [-0.05, 0) is 23.7 Å². The lowest BCUT2D eigenvalue weighted by atomic mass is 10.3. The van der Waals surface area contributed by atoms with Gasteiger partial charge in [0.1, 0.15) is 11.3 Å². The fraction of sp³-hybridized carbons (Fsp3) is 0.200. The first-order valence-corrected chi connectivity index (χ1v) is 5.03. The van der Waals surface area contributed by atoms with Crippen molar-refractivity contribution in [3.05, 3.63) is 23.5 Å². The summed E-state index contributed by atoms with van der Waals surface area (Å²) >= 11 is 5.87. The zero-order valence-electron chi connectivity index (χ0n) is 8.22. The summed E-state index contributed by atoms with van der Waals surface area (Å²) in [7, 11) is 0. The first kappa shape index (κ1) is 10.8. The van der Waals surface area contributed by atoms with Crippen molar-refractivity contribution in [2.24, 2.45) is 0 Å². The Bertz CT molecular complexity index is 550. The van der Waals surface area contributed by atoms with Gasteiger partial charge in [0.25, 0.3) is 0 Å². The Morgan fingerprint density at radius 1 is 1.50 bits per heavy atom. The van der Waals surface area contributed by atoms with Gasteiger partial charge >= 0.3 is 5.97 Å². The third-order valence-electron chi connectivity index (χ3n) is 2.25. The van der Waals surface area contributed by atoms with E-state index in [-0.39, 0.29) is 24.0 Å². The Labute approximate surface area is 95.9 Å². The number of aromatic hydroxyl groups is 1. The summed E-state index contributed by atoms with van der Waals surface area (Å²) in [4.78, 5) is 14.5. The smallest absolute Gasteiger partial charge is 0.305 e. The average Bonchev–Trinajstić information content (AvgIpc) is 2.52. The second-order valence-electron chi connectivity index (χ2n) is 3.32. The van der Waals surface area contributed by atoms with Gasteiger partial charge in [0.05, 0.1) is 11.9 Å². The molecule has 0 bridgehead atoms. The highest BCUT2D eigenvalue weighted by atomic mass is 35.5. The summed E-state index contributed by atoms with van der Waals surface area (Å²) in [6.07, 6.45) is -0.0699. The van der Waals surface area contributed by atoms with Crippen molar-refractivity contribution >= 4 is 28.6 Å². The molecule has 0 aliphatic rings. The van der Waals surface area contributed by atoms with Crippen LogP contribution in [0, 0.1) is 0 Å². The van der Waals surface area contributed by atoms with Gasteiger partial charge in [0.15, 0.2) is 0 Å². The number of aliphatic carboxylic acids is 1. The number of carboxylic acid groups (broad SMARTS) is 1. The number of halogens is 1. The molecule has 0 saturated carbocycles. The van der Waals surface area contributed by atoms with Crippen molar-refractivity contribution in [2.45, 2.75) is 13.0 Å². The van der Waals surface area contributed by atoms with Gasteiger partial charge in [0.2, 0.25) is 5.28 Å². The van der Waals surface area contributed by atoms with Gasteiger partial charge < -0.3 is 14.8 Å². The van der Waals surface area contributed by atoms with Crippen molar-refractivity contribution in [2.75, 3.05) is 0 Å². The monoisotopic (exact) mass is 240 g/mol. The topological polar surface area (TPSA) is 75.3 Å². The Kier molecular flexibility index (Phi) is 2.70. The van der Waals surface area contributed by atoms with E-state index in [0.717, 1.165) is 0 Å². The third-order valence-corrected chi connectivity index (χ3v) is 2.54. The molecule has 2 N–H and O–H groups in total. The molecule has 0 radical (unpaired) electrons. The molecule has 0 spiro atoms. The van der Waals surface area contributed by atoms with Crippen LogP contribution < -0.4 is 0 Å². The minimum atomic E-state index is -0.923. The molecule has 0 aliphatic carbocycles. The standard InChI is InChI=1S/C10H9ClN2O3/c11-10-12-6-2-1-3-7(14)9(6)13(10)5-4-8(15)16/h1-3,14H,4-5H2,(H,15,16). The fourth-order valence-corrected chi connectivity index (χ4v) is 1.81. The van der Waals surface area contributed by atoms with Crippen LogP contribution in [-0.2, 0) is 11.3 Å². The molecule has 0 saturated heterocycles. The van der Waals surface area contributed by atoms with Crippen LogP contribution in [0.5, 0.6) is 5.75 Å². The SMILES string of the molecule is O=C(O)CCn1c(Cl)nc2cccc(O)c21. The van der Waals surface area contributed by atoms with Crippen LogP contribution >= 0.6 is 11.6 Å². The van der Waals surface area contributed by atoms with E-state index >= 15 is 0 Å². The summed E-state index contributed by atoms with van der Waals surface area (Å²) in [5.74, 6) is -0.879. The summed E-state index contributed by atoms with van der Waals surface area (Å²) in [6, 6.07) is 4.87. The molecule has 0 atom stereocenters. The summed E-state index contributed by atoms with van der Waals surface area (Å²) in [5.41, 5.74) is 1.02. The first-order chi connectivity index (χ1) is 7.59. The number of fused-ring (bicyclic) bond motifs is 1. The van der Waals surface area contributed by atoms with Crippen LogP contribution in [0.3, 0.4) is 0 Å². The predicted molar refractivity (Wildman–Crippen MR) is 58.7 cm³/mol. The van der Waals surface area contributed by atoms with Crippen LogP contribution in [0.2, 0.25) is 5.28 Å². The molecule has 5 nitrogen and oxygen atoms in total. The minimum Gasteiger partial charge on any atom is -0.506 e. The lowest BCUT2D eigenvalue weighted by Crippen LogP contribution is -2.04. The summed E-state index contributed by atoms with van der Waals surface area (Å²) < 4.78 is 1.49. The number of phenolic OH excluding ortho intramolecular Hbond substituents is 1. The van der Waals surface area contributed by atoms with Gasteiger partial charge in [-0.25, -0.2) is 4.98 Å². The van der Waals surface area contributed by atoms with Crippen molar-refractivity contribution in [3.63, 3.8) is 0 Å². The number of imidazole rings is 1. The van der Waals surface area contributed by atoms with Crippen molar-refractivity contribution in [1.29, 1.82) is 0 Å². The Morgan fingerprint density at radius 2 is 2.25 bits per heavy atom. The highest BCUT2D eigenvalue weighted by Gasteiger charge is 2.12. The lowest BCUT2D eigenvalue weighted by molar-refractivity contribution is -0.137. The van der Waals surface area contributed by atoms with Crippen LogP contribution in [0.1, 0.15) is 6.42 Å². The Morgan fingerprint density at radius 3 is 2.94 bits per heavy atom. The molecule has 1 aromatic carbocycles. The van der Waals surface area contributed by atoms with E-state index in [4.69, 9.17) is 16.7 Å². The quantitative estimate of drug-likeness (QED) is 0.859. The molecule has 0 fully saturated rings. The van der Waals surface area contributed by atoms with Crippen LogP contribution in [0.15, 0.2) is 18.2 Å². The zero-order chi connectivity index (χ0) is 11.7. The number of rotatable bonds is 3. The number of hydrogen-bond acceptors (Lipinski definition) is 3. The van der Waals surface area contributed by atoms with Crippen LogP contribution in [-0.4, -0.2) is 25.7 Å². The van der Waals surface area contributed by atoms with Crippen LogP contribution in [0.25, 0.3) is 11.0 Å². The van der Waals surface area contributed by atoms with E-state index in [0.29, 0.717) is 11.0 Å². The number of carboxylic acids is 1. The Balaban J connectivity index is 2.50. The number of para-hydroxylation sites is 1. The molecule has 0 amide bonds. The molecule has 2 rings (SSSR count). The number of nitrogens with zero attached hydrogens (tertiary/aromatic N) is 2. The number of aryl methyl sites for hydroxylation is 1. The van der Waals surface area contributed by atoms with Gasteiger partial charge in [-0.3, -0.25) is 4.79 Å². The van der Waals surface area contributed by atoms with Crippen molar-refractivity contribution < 1.29 is 15.0 Å². The largest absolute Gasteiger partial charge is 0.506 e. The second kappa shape index (κ2) is 4.02. The minimum absolute atomic E-state index is 0.0438. The van der Waals surface area contributed by atoms with Gasteiger partial charge in [-0.15, -0.1) is 0 Å². The van der Waals surface area contributed by atoms with E-state index in [1.54, 1.807) is 12.1 Å². The highest BCUT2D eigenvalue weighted by molar-refractivity contribution is 6.29. The van der Waals surface area contributed by atoms with Gasteiger partial charge in [-0.1, -0.05) is 6.07 Å². The third kappa shape index (κ3) is 1.81. The Hall–Kier alpha value is -1.75. The maximum absolute atomic E-state index is 10.5. The van der Waals surface area contributed by atoms with E-state index in [9.17, 15) is 9.90 Å². The molecule has 1 heterocycles. The number of aromatic nitrogens is 2. The molecular formula is C10H9ClN2O3. The van der Waals surface area contributed by atoms with Crippen LogP contribution in [0.4, 0.5) is 0 Å². The van der Waals surface area contributed by atoms with Crippen molar-refractivity contribution in [3.8, 4) is 5.75 Å². The maximum Gasteiger partial charge on any atom is 0.305 e. The van der Waals surface area contributed by atoms with E-state index in [1.807, 2.05) is 0 Å². The molecule has 0 aliphatic heterocycles. The number of phenols is 1. The average molecular weight is 241 g/mol. The lowest BCUT2D eigenvalue weighted by Gasteiger charge is -2.04. The molecule has 84 valence electrons. The highest BCUT2D eigenvalue weighted by Crippen LogP contribution is 2.27. The second-order valence-corrected chi connectivity index (χ2v) is 3.66. The number of hydrogen-bond donors (Lipinski definition) is 2. The number of carbonyl (C=O) groups is 1. The normalized spacial score (nSPS) is 10.8. The molecule has 2 aromatic rings. The molecule has 6 heteroatoms. The number of benzene rings is 1. The molecule has 0 unspecified atom stereocenters. The van der Waals surface area contributed by atoms with Crippen molar-refractivity contribution in [1.82, 2.24) is 9.55 Å². The fourth-order valence-electron chi connectivity index (χ4n) is 1.55.